The fraction of sp³-hybridized carbons (Fsp3) is 0.467. The fourth-order valence-corrected chi connectivity index (χ4v) is 2.01. The van der Waals surface area contributed by atoms with E-state index in [2.05, 4.69) is 5.32 Å². The lowest BCUT2D eigenvalue weighted by molar-refractivity contribution is -0.137. The Bertz CT molecular complexity index is 502. The maximum atomic E-state index is 12.0. The van der Waals surface area contributed by atoms with E-state index in [1.165, 1.54) is 0 Å². The zero-order chi connectivity index (χ0) is 15.8. The molecule has 116 valence electrons. The molecule has 0 fully saturated rings. The average Bonchev–Trinajstić information content (AvgIpc) is 2.39. The molecular weight excluding hydrogens is 272 g/mol. The first-order valence-electron chi connectivity index (χ1n) is 6.84. The van der Waals surface area contributed by atoms with Crippen LogP contribution in [0, 0.1) is 13.8 Å². The number of amides is 1. The van der Waals surface area contributed by atoms with Gasteiger partial charge in [-0.3, -0.25) is 14.5 Å². The molecule has 1 aromatic carbocycles. The van der Waals surface area contributed by atoms with E-state index < -0.39 is 5.97 Å². The Kier molecular flexibility index (Phi) is 6.84. The molecule has 6 nitrogen and oxygen atoms in total. The summed E-state index contributed by atoms with van der Waals surface area (Å²) in [5.41, 5.74) is 2.84. The van der Waals surface area contributed by atoms with Crippen LogP contribution in [0.5, 0.6) is 0 Å². The van der Waals surface area contributed by atoms with Gasteiger partial charge >= 0.3 is 5.97 Å². The lowest BCUT2D eigenvalue weighted by Gasteiger charge is -2.20. The number of aliphatic hydroxyl groups excluding tert-OH is 1. The molecule has 0 aliphatic rings. The van der Waals surface area contributed by atoms with E-state index in [4.69, 9.17) is 10.2 Å². The van der Waals surface area contributed by atoms with Crippen LogP contribution >= 0.6 is 0 Å². The van der Waals surface area contributed by atoms with E-state index in [-0.39, 0.29) is 38.6 Å². The summed E-state index contributed by atoms with van der Waals surface area (Å²) in [6, 6.07) is 5.74. The maximum Gasteiger partial charge on any atom is 0.304 e. The number of carboxylic acid groups (broad SMARTS) is 1. The number of benzene rings is 1. The molecule has 0 heterocycles. The van der Waals surface area contributed by atoms with Gasteiger partial charge < -0.3 is 15.5 Å². The third-order valence-electron chi connectivity index (χ3n) is 3.08. The van der Waals surface area contributed by atoms with Gasteiger partial charge in [0.05, 0.1) is 19.6 Å². The smallest absolute Gasteiger partial charge is 0.304 e. The Morgan fingerprint density at radius 1 is 1.24 bits per heavy atom. The molecule has 1 aromatic rings. The lowest BCUT2D eigenvalue weighted by Crippen LogP contribution is -2.36. The first kappa shape index (κ1) is 17.1. The van der Waals surface area contributed by atoms with Crippen molar-refractivity contribution in [3.8, 4) is 0 Å². The number of aliphatic carboxylic acids is 1. The molecular formula is C15H22N2O4. The van der Waals surface area contributed by atoms with Gasteiger partial charge in [-0.1, -0.05) is 17.7 Å². The predicted molar refractivity (Wildman–Crippen MR) is 80.3 cm³/mol. The molecule has 0 aliphatic heterocycles. The Balaban J connectivity index is 2.58. The maximum absolute atomic E-state index is 12.0. The highest BCUT2D eigenvalue weighted by Crippen LogP contribution is 2.15. The zero-order valence-corrected chi connectivity index (χ0v) is 12.4. The van der Waals surface area contributed by atoms with Crippen LogP contribution in [0.1, 0.15) is 17.5 Å². The largest absolute Gasteiger partial charge is 0.481 e. The number of carboxylic acids is 1. The van der Waals surface area contributed by atoms with E-state index in [0.29, 0.717) is 0 Å². The van der Waals surface area contributed by atoms with Crippen molar-refractivity contribution < 1.29 is 19.8 Å². The van der Waals surface area contributed by atoms with E-state index in [1.54, 1.807) is 4.90 Å². The van der Waals surface area contributed by atoms with Gasteiger partial charge in [0.25, 0.3) is 0 Å². The Morgan fingerprint density at radius 3 is 2.52 bits per heavy atom. The number of anilines is 1. The summed E-state index contributed by atoms with van der Waals surface area (Å²) in [5.74, 6) is -1.14. The van der Waals surface area contributed by atoms with Crippen molar-refractivity contribution in [3.05, 3.63) is 29.3 Å². The van der Waals surface area contributed by atoms with Gasteiger partial charge in [-0.05, 0) is 25.5 Å². The third kappa shape index (κ3) is 6.37. The van der Waals surface area contributed by atoms with E-state index in [9.17, 15) is 9.59 Å². The highest BCUT2D eigenvalue weighted by molar-refractivity contribution is 5.93. The lowest BCUT2D eigenvalue weighted by atomic mass is 10.1. The molecule has 0 atom stereocenters. The summed E-state index contributed by atoms with van der Waals surface area (Å²) in [6.07, 6.45) is -0.0587. The average molecular weight is 294 g/mol. The van der Waals surface area contributed by atoms with Crippen molar-refractivity contribution in [1.29, 1.82) is 0 Å². The normalized spacial score (nSPS) is 10.7. The number of hydrogen-bond donors (Lipinski definition) is 3. The predicted octanol–water partition coefficient (Wildman–Crippen LogP) is 1.01. The van der Waals surface area contributed by atoms with Crippen LogP contribution in [0.4, 0.5) is 5.69 Å². The Labute approximate surface area is 124 Å². The first-order chi connectivity index (χ1) is 9.92. The van der Waals surface area contributed by atoms with Crippen LogP contribution in [0.2, 0.25) is 0 Å². The van der Waals surface area contributed by atoms with Gasteiger partial charge in [0.1, 0.15) is 0 Å². The second-order valence-electron chi connectivity index (χ2n) is 5.01. The highest BCUT2D eigenvalue weighted by Gasteiger charge is 2.12. The molecule has 0 saturated carbocycles. The van der Waals surface area contributed by atoms with Crippen molar-refractivity contribution in [2.75, 3.05) is 31.6 Å². The van der Waals surface area contributed by atoms with Gasteiger partial charge in [-0.2, -0.15) is 0 Å². The number of aryl methyl sites for hydroxylation is 2. The molecule has 0 unspecified atom stereocenters. The number of hydrogen-bond acceptors (Lipinski definition) is 4. The van der Waals surface area contributed by atoms with E-state index >= 15 is 0 Å². The van der Waals surface area contributed by atoms with Crippen molar-refractivity contribution in [1.82, 2.24) is 4.90 Å². The van der Waals surface area contributed by atoms with Crippen LogP contribution in [0.25, 0.3) is 0 Å². The number of carbonyl (C=O) groups excluding carboxylic acids is 1. The molecule has 1 amide bonds. The number of carbonyl (C=O) groups is 2. The van der Waals surface area contributed by atoms with Crippen molar-refractivity contribution >= 4 is 17.6 Å². The van der Waals surface area contributed by atoms with Crippen LogP contribution < -0.4 is 5.32 Å². The van der Waals surface area contributed by atoms with Gasteiger partial charge in [0, 0.05) is 18.8 Å². The van der Waals surface area contributed by atoms with Gasteiger partial charge in [0.2, 0.25) is 5.91 Å². The molecule has 0 radical (unpaired) electrons. The molecule has 1 rings (SSSR count). The first-order valence-corrected chi connectivity index (χ1v) is 6.84. The summed E-state index contributed by atoms with van der Waals surface area (Å²) >= 11 is 0. The summed E-state index contributed by atoms with van der Waals surface area (Å²) in [5, 5.41) is 20.4. The summed E-state index contributed by atoms with van der Waals surface area (Å²) < 4.78 is 0. The summed E-state index contributed by atoms with van der Waals surface area (Å²) in [7, 11) is 0. The van der Waals surface area contributed by atoms with Gasteiger partial charge in [-0.25, -0.2) is 0 Å². The molecule has 0 bridgehead atoms. The molecule has 0 spiro atoms. The molecule has 0 aromatic heterocycles. The molecule has 21 heavy (non-hydrogen) atoms. The second kappa shape index (κ2) is 8.39. The zero-order valence-electron chi connectivity index (χ0n) is 12.4. The molecule has 3 N–H and O–H groups in total. The van der Waals surface area contributed by atoms with Crippen molar-refractivity contribution in [3.63, 3.8) is 0 Å². The Morgan fingerprint density at radius 2 is 1.95 bits per heavy atom. The van der Waals surface area contributed by atoms with Crippen LogP contribution in [-0.2, 0) is 9.59 Å². The van der Waals surface area contributed by atoms with Gasteiger partial charge in [0.15, 0.2) is 0 Å². The summed E-state index contributed by atoms with van der Waals surface area (Å²) in [6.45, 7) is 4.34. The topological polar surface area (TPSA) is 89.9 Å². The third-order valence-corrected chi connectivity index (χ3v) is 3.08. The monoisotopic (exact) mass is 294 g/mol. The quantitative estimate of drug-likeness (QED) is 0.666. The Hall–Kier alpha value is -1.92. The number of rotatable bonds is 8. The minimum absolute atomic E-state index is 0.0567. The standard InChI is InChI=1S/C15H22N2O4/c1-11-3-4-13(12(2)9-11)16-14(19)10-17(7-8-18)6-5-15(20)21/h3-4,9,18H,5-8,10H2,1-2H3,(H,16,19)(H,20,21). The minimum Gasteiger partial charge on any atom is -0.481 e. The van der Waals surface area contributed by atoms with E-state index in [0.717, 1.165) is 16.8 Å². The van der Waals surface area contributed by atoms with Gasteiger partial charge in [-0.15, -0.1) is 0 Å². The fourth-order valence-electron chi connectivity index (χ4n) is 2.01. The number of aliphatic hydroxyl groups is 1. The summed E-state index contributed by atoms with van der Waals surface area (Å²) in [4.78, 5) is 24.2. The SMILES string of the molecule is Cc1ccc(NC(=O)CN(CCO)CCC(=O)O)c(C)c1. The van der Waals surface area contributed by atoms with Crippen LogP contribution in [0.3, 0.4) is 0 Å². The van der Waals surface area contributed by atoms with Crippen molar-refractivity contribution in [2.24, 2.45) is 0 Å². The van der Waals surface area contributed by atoms with E-state index in [1.807, 2.05) is 32.0 Å². The minimum atomic E-state index is -0.923. The molecule has 0 aliphatic carbocycles. The van der Waals surface area contributed by atoms with Crippen molar-refractivity contribution in [2.45, 2.75) is 20.3 Å². The highest BCUT2D eigenvalue weighted by atomic mass is 16.4. The number of nitrogens with one attached hydrogen (secondary N) is 1. The number of nitrogens with zero attached hydrogens (tertiary/aromatic N) is 1. The van der Waals surface area contributed by atoms with Crippen LogP contribution in [-0.4, -0.2) is 53.2 Å². The second-order valence-corrected chi connectivity index (χ2v) is 5.01. The molecule has 6 heteroatoms. The molecule has 0 saturated heterocycles. The van der Waals surface area contributed by atoms with Crippen LogP contribution in [0.15, 0.2) is 18.2 Å².